The van der Waals surface area contributed by atoms with Gasteiger partial charge in [0.15, 0.2) is 5.13 Å². The van der Waals surface area contributed by atoms with Crippen LogP contribution in [0, 0.1) is 6.20 Å². The lowest BCUT2D eigenvalue weighted by Crippen LogP contribution is -1.86. The molecule has 0 amide bonds. The van der Waals surface area contributed by atoms with Gasteiger partial charge in [0.2, 0.25) is 0 Å². The summed E-state index contributed by atoms with van der Waals surface area (Å²) in [6.07, 6.45) is 6.72. The molecule has 0 saturated heterocycles. The van der Waals surface area contributed by atoms with Crippen LogP contribution in [0.3, 0.4) is 0 Å². The molecule has 0 aliphatic heterocycles. The second-order valence-electron chi connectivity index (χ2n) is 1.82. The molecule has 10 heavy (non-hydrogen) atoms. The standard InChI is InChI=1S/C7H5N2S/c1-2-5-9(4-1)7-8-3-6-10-7/h1-4,6H. The zero-order chi connectivity index (χ0) is 6.81. The Morgan fingerprint density at radius 3 is 3.20 bits per heavy atom. The van der Waals surface area contributed by atoms with E-state index in [9.17, 15) is 0 Å². The Labute approximate surface area is 62.8 Å². The topological polar surface area (TPSA) is 17.8 Å². The minimum Gasteiger partial charge on any atom is -0.291 e. The highest BCUT2D eigenvalue weighted by Crippen LogP contribution is 2.09. The SMILES string of the molecule is [c]1cccn1-c1nccs1. The highest BCUT2D eigenvalue weighted by atomic mass is 32.1. The Morgan fingerprint density at radius 2 is 2.60 bits per heavy atom. The predicted octanol–water partition coefficient (Wildman–Crippen LogP) is 1.73. The molecule has 2 rings (SSSR count). The smallest absolute Gasteiger partial charge is 0.194 e. The Balaban J connectivity index is 2.48. The Morgan fingerprint density at radius 1 is 1.60 bits per heavy atom. The van der Waals surface area contributed by atoms with Crippen molar-refractivity contribution in [1.29, 1.82) is 0 Å². The summed E-state index contributed by atoms with van der Waals surface area (Å²) in [6.45, 7) is 0. The predicted molar refractivity (Wildman–Crippen MR) is 40.3 cm³/mol. The molecule has 3 heteroatoms. The van der Waals surface area contributed by atoms with Crippen molar-refractivity contribution in [2.45, 2.75) is 0 Å². The average Bonchev–Trinajstić information content (AvgIpc) is 2.59. The second kappa shape index (κ2) is 2.27. The first-order valence-electron chi connectivity index (χ1n) is 2.92. The highest BCUT2D eigenvalue weighted by molar-refractivity contribution is 7.12. The summed E-state index contributed by atoms with van der Waals surface area (Å²) in [5, 5.41) is 2.91. The van der Waals surface area contributed by atoms with Crippen LogP contribution in [0.4, 0.5) is 0 Å². The first-order chi connectivity index (χ1) is 4.97. The molecule has 0 aliphatic carbocycles. The molecule has 0 aromatic carbocycles. The van der Waals surface area contributed by atoms with Gasteiger partial charge in [-0.05, 0) is 12.1 Å². The molecule has 2 aromatic rings. The molecule has 1 radical (unpaired) electrons. The first-order valence-corrected chi connectivity index (χ1v) is 3.80. The fourth-order valence-electron chi connectivity index (χ4n) is 0.749. The molecule has 0 N–H and O–H groups in total. The van der Waals surface area contributed by atoms with Gasteiger partial charge in [-0.1, -0.05) is 0 Å². The van der Waals surface area contributed by atoms with Crippen molar-refractivity contribution < 1.29 is 0 Å². The van der Waals surface area contributed by atoms with E-state index in [4.69, 9.17) is 0 Å². The molecule has 49 valence electrons. The van der Waals surface area contributed by atoms with E-state index in [1.807, 2.05) is 28.3 Å². The van der Waals surface area contributed by atoms with Crippen LogP contribution in [0.5, 0.6) is 0 Å². The van der Waals surface area contributed by atoms with E-state index in [-0.39, 0.29) is 0 Å². The van der Waals surface area contributed by atoms with Gasteiger partial charge in [-0.25, -0.2) is 4.98 Å². The minimum atomic E-state index is 0.963. The van der Waals surface area contributed by atoms with Gasteiger partial charge in [0.05, 0.1) is 6.20 Å². The third kappa shape index (κ3) is 0.844. The molecule has 2 nitrogen and oxygen atoms in total. The van der Waals surface area contributed by atoms with E-state index in [0.29, 0.717) is 0 Å². The van der Waals surface area contributed by atoms with Crippen molar-refractivity contribution >= 4 is 11.3 Å². The average molecular weight is 149 g/mol. The van der Waals surface area contributed by atoms with Crippen LogP contribution < -0.4 is 0 Å². The highest BCUT2D eigenvalue weighted by Gasteiger charge is 1.93. The molecule has 0 saturated carbocycles. The van der Waals surface area contributed by atoms with Crippen LogP contribution in [0.2, 0.25) is 0 Å². The van der Waals surface area contributed by atoms with Gasteiger partial charge in [-0.2, -0.15) is 0 Å². The van der Waals surface area contributed by atoms with Crippen molar-refractivity contribution in [3.63, 3.8) is 0 Å². The van der Waals surface area contributed by atoms with Gasteiger partial charge in [-0.3, -0.25) is 4.57 Å². The number of nitrogens with zero attached hydrogens (tertiary/aromatic N) is 2. The molecule has 0 aliphatic rings. The molecule has 0 atom stereocenters. The lowest BCUT2D eigenvalue weighted by molar-refractivity contribution is 1.04. The number of thiazole rings is 1. The monoisotopic (exact) mass is 149 g/mol. The van der Waals surface area contributed by atoms with E-state index >= 15 is 0 Å². The zero-order valence-electron chi connectivity index (χ0n) is 5.19. The van der Waals surface area contributed by atoms with Crippen molar-refractivity contribution in [2.24, 2.45) is 0 Å². The summed E-state index contributed by atoms with van der Waals surface area (Å²) in [7, 11) is 0. The summed E-state index contributed by atoms with van der Waals surface area (Å²) < 4.78 is 1.87. The fraction of sp³-hybridized carbons (Fsp3) is 0. The number of rotatable bonds is 1. The molecule has 0 spiro atoms. The maximum absolute atomic E-state index is 4.11. The van der Waals surface area contributed by atoms with Crippen LogP contribution >= 0.6 is 11.3 Å². The molecule has 2 aromatic heterocycles. The summed E-state index contributed by atoms with van der Waals surface area (Å²) >= 11 is 1.60. The van der Waals surface area contributed by atoms with E-state index in [2.05, 4.69) is 11.2 Å². The normalized spacial score (nSPS) is 10.0. The summed E-state index contributed by atoms with van der Waals surface area (Å²) in [5.74, 6) is 0. The molecular weight excluding hydrogens is 144 g/mol. The maximum Gasteiger partial charge on any atom is 0.194 e. The molecule has 2 heterocycles. The second-order valence-corrected chi connectivity index (χ2v) is 2.69. The first kappa shape index (κ1) is 5.68. The van der Waals surface area contributed by atoms with Crippen LogP contribution in [0.25, 0.3) is 5.13 Å². The zero-order valence-corrected chi connectivity index (χ0v) is 6.01. The van der Waals surface area contributed by atoms with Crippen LogP contribution in [0.15, 0.2) is 29.9 Å². The molecule has 0 fully saturated rings. The lowest BCUT2D eigenvalue weighted by Gasteiger charge is -1.90. The Bertz CT molecular complexity index is 251. The van der Waals surface area contributed by atoms with Crippen molar-refractivity contribution in [2.75, 3.05) is 0 Å². The number of hydrogen-bond acceptors (Lipinski definition) is 2. The van der Waals surface area contributed by atoms with Crippen molar-refractivity contribution in [3.05, 3.63) is 36.1 Å². The largest absolute Gasteiger partial charge is 0.291 e. The van der Waals surface area contributed by atoms with E-state index in [1.54, 1.807) is 17.5 Å². The van der Waals surface area contributed by atoms with Crippen LogP contribution in [-0.2, 0) is 0 Å². The maximum atomic E-state index is 4.11. The summed E-state index contributed by atoms with van der Waals surface area (Å²) in [6, 6.07) is 3.79. The minimum absolute atomic E-state index is 0.963. The molecule has 0 unspecified atom stereocenters. The third-order valence-corrected chi connectivity index (χ3v) is 1.94. The quantitative estimate of drug-likeness (QED) is 0.603. The number of hydrogen-bond donors (Lipinski definition) is 0. The van der Waals surface area contributed by atoms with Gasteiger partial charge < -0.3 is 0 Å². The van der Waals surface area contributed by atoms with E-state index in [0.717, 1.165) is 5.13 Å². The van der Waals surface area contributed by atoms with Gasteiger partial charge in [0, 0.05) is 17.8 Å². The van der Waals surface area contributed by atoms with Gasteiger partial charge >= 0.3 is 0 Å². The van der Waals surface area contributed by atoms with Crippen molar-refractivity contribution in [3.8, 4) is 5.13 Å². The molecular formula is C7H5N2S. The van der Waals surface area contributed by atoms with Gasteiger partial charge in [0.25, 0.3) is 0 Å². The van der Waals surface area contributed by atoms with Gasteiger partial charge in [-0.15, -0.1) is 11.3 Å². The lowest BCUT2D eigenvalue weighted by atomic mass is 10.7. The summed E-state index contributed by atoms with van der Waals surface area (Å²) in [5.41, 5.74) is 0. The summed E-state index contributed by atoms with van der Waals surface area (Å²) in [4.78, 5) is 4.11. The van der Waals surface area contributed by atoms with E-state index < -0.39 is 0 Å². The third-order valence-electron chi connectivity index (χ3n) is 1.17. The number of aromatic nitrogens is 2. The fourth-order valence-corrected chi connectivity index (χ4v) is 1.34. The van der Waals surface area contributed by atoms with Crippen molar-refractivity contribution in [1.82, 2.24) is 9.55 Å². The van der Waals surface area contributed by atoms with Crippen LogP contribution in [0.1, 0.15) is 0 Å². The van der Waals surface area contributed by atoms with Gasteiger partial charge in [0.1, 0.15) is 0 Å². The Hall–Kier alpha value is -1.09. The van der Waals surface area contributed by atoms with Crippen LogP contribution in [-0.4, -0.2) is 9.55 Å². The van der Waals surface area contributed by atoms with E-state index in [1.165, 1.54) is 0 Å². The Kier molecular flexibility index (Phi) is 1.29. The molecule has 0 bridgehead atoms.